The van der Waals surface area contributed by atoms with Crippen molar-refractivity contribution < 1.29 is 39.3 Å². The third-order valence-electron chi connectivity index (χ3n) is 4.74. The molecule has 6 aromatic rings. The molecule has 0 amide bonds. The molecule has 0 fully saturated rings. The first-order valence-corrected chi connectivity index (χ1v) is 11.5. The van der Waals surface area contributed by atoms with Gasteiger partial charge in [0.05, 0.1) is 0 Å². The first-order chi connectivity index (χ1) is 18.5. The first kappa shape index (κ1) is 31.1. The standard InChI is InChI=1S/2C11H6F2N.2C5H5.Ti/c2*12-10-7-6-9(11(13)14-10)8-4-2-1-3-5-8;2*1-2-4-5-3-1;/h2*1-4,6-7H;2*1-5H;/q4*-1;+4. The van der Waals surface area contributed by atoms with Crippen LogP contribution in [-0.4, -0.2) is 9.97 Å². The van der Waals surface area contributed by atoms with Crippen LogP contribution < -0.4 is 0 Å². The van der Waals surface area contributed by atoms with E-state index >= 15 is 0 Å². The molecule has 2 nitrogen and oxygen atoms in total. The normalized spacial score (nSPS) is 9.33. The molecule has 4 aromatic carbocycles. The van der Waals surface area contributed by atoms with Gasteiger partial charge >= 0.3 is 21.7 Å². The predicted octanol–water partition coefficient (Wildman–Crippen LogP) is 8.46. The quantitative estimate of drug-likeness (QED) is 0.0923. The van der Waals surface area contributed by atoms with Gasteiger partial charge in [-0.05, 0) is 23.3 Å². The maximum absolute atomic E-state index is 13.2. The van der Waals surface area contributed by atoms with Crippen molar-refractivity contribution in [3.05, 3.63) is 169 Å². The van der Waals surface area contributed by atoms with E-state index < -0.39 is 23.8 Å². The molecule has 0 bridgehead atoms. The smallest absolute Gasteiger partial charge is 0.214 e. The molecular weight excluding hydrogens is 536 g/mol. The van der Waals surface area contributed by atoms with E-state index in [4.69, 9.17) is 0 Å². The summed E-state index contributed by atoms with van der Waals surface area (Å²) in [6.07, 6.45) is 0. The Kier molecular flexibility index (Phi) is 13.9. The average Bonchev–Trinajstić information content (AvgIpc) is 3.70. The summed E-state index contributed by atoms with van der Waals surface area (Å²) < 4.78 is 51.3. The van der Waals surface area contributed by atoms with Gasteiger partial charge in [0.15, 0.2) is 11.9 Å². The molecule has 0 saturated heterocycles. The molecule has 0 aliphatic carbocycles. The number of aromatic nitrogens is 2. The fourth-order valence-electron chi connectivity index (χ4n) is 2.99. The van der Waals surface area contributed by atoms with E-state index in [1.54, 1.807) is 48.5 Å². The van der Waals surface area contributed by atoms with Crippen molar-refractivity contribution >= 4 is 0 Å². The summed E-state index contributed by atoms with van der Waals surface area (Å²) in [5.74, 6) is -3.26. The zero-order valence-electron chi connectivity index (χ0n) is 20.6. The summed E-state index contributed by atoms with van der Waals surface area (Å²) >= 11 is 0. The molecule has 0 saturated carbocycles. The molecule has 2 heterocycles. The molecule has 6 rings (SSSR count). The van der Waals surface area contributed by atoms with Gasteiger partial charge < -0.3 is 0 Å². The zero-order chi connectivity index (χ0) is 27.0. The van der Waals surface area contributed by atoms with Crippen LogP contribution in [-0.2, 0) is 21.7 Å². The number of pyridine rings is 2. The van der Waals surface area contributed by atoms with Crippen LogP contribution in [0.2, 0.25) is 0 Å². The van der Waals surface area contributed by atoms with Gasteiger partial charge in [0.1, 0.15) is 0 Å². The Hall–Kier alpha value is -4.13. The maximum Gasteiger partial charge on any atom is 4.00 e. The predicted molar refractivity (Wildman–Crippen MR) is 141 cm³/mol. The largest absolute Gasteiger partial charge is 4.00 e. The second-order valence-electron chi connectivity index (χ2n) is 7.42. The molecule has 0 spiro atoms. The summed E-state index contributed by atoms with van der Waals surface area (Å²) in [5.41, 5.74) is 1.65. The van der Waals surface area contributed by atoms with Crippen molar-refractivity contribution in [1.29, 1.82) is 0 Å². The number of nitrogens with zero attached hydrogens (tertiary/aromatic N) is 2. The van der Waals surface area contributed by atoms with Gasteiger partial charge in [0.2, 0.25) is 11.9 Å². The second kappa shape index (κ2) is 17.4. The average molecular weight is 558 g/mol. The van der Waals surface area contributed by atoms with Gasteiger partial charge in [-0.15, -0.1) is 71.8 Å². The number of benzene rings is 2. The van der Waals surface area contributed by atoms with Crippen LogP contribution in [0.3, 0.4) is 0 Å². The Balaban J connectivity index is 0.000000199. The Bertz CT molecular complexity index is 1290. The first-order valence-electron chi connectivity index (χ1n) is 11.5. The van der Waals surface area contributed by atoms with E-state index in [1.807, 2.05) is 60.7 Å². The van der Waals surface area contributed by atoms with Crippen LogP contribution in [0.4, 0.5) is 17.6 Å². The summed E-state index contributed by atoms with van der Waals surface area (Å²) in [5, 5.41) is 0. The van der Waals surface area contributed by atoms with E-state index in [-0.39, 0.29) is 32.8 Å². The van der Waals surface area contributed by atoms with Crippen LogP contribution in [0.15, 0.2) is 133 Å². The monoisotopic (exact) mass is 558 g/mol. The maximum atomic E-state index is 13.2. The third kappa shape index (κ3) is 11.0. The van der Waals surface area contributed by atoms with E-state index in [1.165, 1.54) is 12.1 Å². The van der Waals surface area contributed by atoms with Gasteiger partial charge in [-0.1, -0.05) is 12.1 Å². The van der Waals surface area contributed by atoms with Gasteiger partial charge in [0, 0.05) is 0 Å². The number of hydrogen-bond donors (Lipinski definition) is 0. The minimum atomic E-state index is -0.817. The Morgan fingerprint density at radius 3 is 1.13 bits per heavy atom. The van der Waals surface area contributed by atoms with Crippen molar-refractivity contribution in [3.8, 4) is 22.3 Å². The van der Waals surface area contributed by atoms with Crippen molar-refractivity contribution in [2.45, 2.75) is 0 Å². The second-order valence-corrected chi connectivity index (χ2v) is 7.42. The molecule has 0 radical (unpaired) electrons. The van der Waals surface area contributed by atoms with Gasteiger partial charge in [0.25, 0.3) is 0 Å². The molecule has 192 valence electrons. The van der Waals surface area contributed by atoms with E-state index in [9.17, 15) is 17.6 Å². The van der Waals surface area contributed by atoms with Crippen molar-refractivity contribution in [3.63, 3.8) is 0 Å². The molecule has 0 aliphatic rings. The number of rotatable bonds is 2. The zero-order valence-corrected chi connectivity index (χ0v) is 22.2. The van der Waals surface area contributed by atoms with Gasteiger partial charge in [-0.25, -0.2) is 24.3 Å². The minimum absolute atomic E-state index is 0. The molecule has 0 unspecified atom stereocenters. The summed E-state index contributed by atoms with van der Waals surface area (Å²) in [4.78, 5) is 6.19. The van der Waals surface area contributed by atoms with Crippen molar-refractivity contribution in [2.75, 3.05) is 0 Å². The van der Waals surface area contributed by atoms with E-state index in [0.717, 1.165) is 12.1 Å². The molecule has 7 heteroatoms. The van der Waals surface area contributed by atoms with Crippen molar-refractivity contribution in [2.24, 2.45) is 0 Å². The molecule has 2 aromatic heterocycles. The molecule has 39 heavy (non-hydrogen) atoms. The van der Waals surface area contributed by atoms with Crippen molar-refractivity contribution in [1.82, 2.24) is 9.97 Å². The molecular formula is C32H22F4N2Ti. The molecule has 0 N–H and O–H groups in total. The Morgan fingerprint density at radius 1 is 0.487 bits per heavy atom. The van der Waals surface area contributed by atoms with Crippen LogP contribution >= 0.6 is 0 Å². The summed E-state index contributed by atoms with van der Waals surface area (Å²) in [6, 6.07) is 44.4. The van der Waals surface area contributed by atoms with Crippen LogP contribution in [0.25, 0.3) is 22.3 Å². The summed E-state index contributed by atoms with van der Waals surface area (Å²) in [7, 11) is 0. The van der Waals surface area contributed by atoms with Crippen LogP contribution in [0.5, 0.6) is 0 Å². The van der Waals surface area contributed by atoms with Crippen LogP contribution in [0.1, 0.15) is 0 Å². The van der Waals surface area contributed by atoms with E-state index in [2.05, 4.69) is 22.1 Å². The number of hydrogen-bond acceptors (Lipinski definition) is 2. The fraction of sp³-hybridized carbons (Fsp3) is 0. The SMILES string of the molecule is Fc1ccc(-c2[c-]cccc2)c(F)n1.Fc1ccc(-c2[c-]cccc2)c(F)n1.[Ti+4].c1cc[cH-]c1.c1cc[cH-]c1. The third-order valence-corrected chi connectivity index (χ3v) is 4.74. The van der Waals surface area contributed by atoms with Crippen LogP contribution in [0, 0.1) is 35.9 Å². The topological polar surface area (TPSA) is 25.8 Å². The molecule has 0 atom stereocenters. The fourth-order valence-corrected chi connectivity index (χ4v) is 2.99. The van der Waals surface area contributed by atoms with Gasteiger partial charge in [-0.2, -0.15) is 63.9 Å². The molecule has 0 aliphatic heterocycles. The Morgan fingerprint density at radius 2 is 0.872 bits per heavy atom. The minimum Gasteiger partial charge on any atom is -0.214 e. The number of halogens is 4. The van der Waals surface area contributed by atoms with Gasteiger partial charge in [-0.3, -0.25) is 0 Å². The summed E-state index contributed by atoms with van der Waals surface area (Å²) in [6.45, 7) is 0. The Labute approximate surface area is 240 Å². The van der Waals surface area contributed by atoms with E-state index in [0.29, 0.717) is 11.1 Å².